The summed E-state index contributed by atoms with van der Waals surface area (Å²) < 4.78 is 0. The number of rotatable bonds is 0. The molecule has 0 atom stereocenters. The van der Waals surface area contributed by atoms with Gasteiger partial charge in [0.2, 0.25) is 5.56 Å². The predicted octanol–water partition coefficient (Wildman–Crippen LogP) is 3.23. The third-order valence-corrected chi connectivity index (χ3v) is 3.39. The first-order valence-electron chi connectivity index (χ1n) is 6.13. The number of nitrogens with one attached hydrogen (secondary N) is 1. The standard InChI is InChI=1S/C16H10N2O/c19-15-8-6-10-5-7-14-12(16(10)18-15)9-11-3-1-2-4-13(11)17-14/h1-9H,(H,18,19). The highest BCUT2D eigenvalue weighted by molar-refractivity contribution is 6.07. The van der Waals surface area contributed by atoms with Gasteiger partial charge in [-0.1, -0.05) is 24.3 Å². The summed E-state index contributed by atoms with van der Waals surface area (Å²) in [6, 6.07) is 17.4. The van der Waals surface area contributed by atoms with Crippen LogP contribution < -0.4 is 5.56 Å². The Morgan fingerprint density at radius 3 is 2.63 bits per heavy atom. The second kappa shape index (κ2) is 3.65. The van der Waals surface area contributed by atoms with Crippen molar-refractivity contribution in [2.75, 3.05) is 0 Å². The Morgan fingerprint density at radius 1 is 0.842 bits per heavy atom. The van der Waals surface area contributed by atoms with E-state index in [4.69, 9.17) is 0 Å². The van der Waals surface area contributed by atoms with Gasteiger partial charge in [0, 0.05) is 16.8 Å². The first kappa shape index (κ1) is 10.3. The molecule has 1 N–H and O–H groups in total. The molecule has 3 nitrogen and oxygen atoms in total. The van der Waals surface area contributed by atoms with E-state index < -0.39 is 0 Å². The van der Waals surface area contributed by atoms with Gasteiger partial charge in [0.15, 0.2) is 0 Å². The second-order valence-electron chi connectivity index (χ2n) is 4.60. The quantitative estimate of drug-likeness (QED) is 0.382. The topological polar surface area (TPSA) is 45.8 Å². The first-order chi connectivity index (χ1) is 9.31. The predicted molar refractivity (Wildman–Crippen MR) is 77.4 cm³/mol. The zero-order chi connectivity index (χ0) is 12.8. The molecule has 0 spiro atoms. The van der Waals surface area contributed by atoms with E-state index >= 15 is 0 Å². The highest BCUT2D eigenvalue weighted by Crippen LogP contribution is 2.25. The van der Waals surface area contributed by atoms with Crippen LogP contribution in [0.4, 0.5) is 0 Å². The van der Waals surface area contributed by atoms with Crippen molar-refractivity contribution in [3.63, 3.8) is 0 Å². The third kappa shape index (κ3) is 1.52. The van der Waals surface area contributed by atoms with Gasteiger partial charge in [0.25, 0.3) is 0 Å². The summed E-state index contributed by atoms with van der Waals surface area (Å²) in [5.41, 5.74) is 2.62. The number of hydrogen-bond acceptors (Lipinski definition) is 2. The highest BCUT2D eigenvalue weighted by atomic mass is 16.1. The number of nitrogens with zero attached hydrogens (tertiary/aromatic N) is 1. The monoisotopic (exact) mass is 246 g/mol. The van der Waals surface area contributed by atoms with Crippen LogP contribution in [0, 0.1) is 0 Å². The van der Waals surface area contributed by atoms with Crippen LogP contribution in [0.25, 0.3) is 32.7 Å². The van der Waals surface area contributed by atoms with E-state index in [1.54, 1.807) is 6.07 Å². The number of aromatic amines is 1. The second-order valence-corrected chi connectivity index (χ2v) is 4.60. The summed E-state index contributed by atoms with van der Waals surface area (Å²) in [5.74, 6) is 0. The summed E-state index contributed by atoms with van der Waals surface area (Å²) in [6.07, 6.45) is 0. The Labute approximate surface area is 108 Å². The molecule has 4 rings (SSSR count). The maximum absolute atomic E-state index is 11.5. The van der Waals surface area contributed by atoms with Crippen molar-refractivity contribution in [1.82, 2.24) is 9.97 Å². The lowest BCUT2D eigenvalue weighted by molar-refractivity contribution is 1.31. The van der Waals surface area contributed by atoms with Crippen LogP contribution in [0.15, 0.2) is 59.4 Å². The maximum Gasteiger partial charge on any atom is 0.248 e. The van der Waals surface area contributed by atoms with Crippen molar-refractivity contribution in [1.29, 1.82) is 0 Å². The first-order valence-corrected chi connectivity index (χ1v) is 6.13. The number of H-pyrrole nitrogens is 1. The molecule has 0 bridgehead atoms. The molecular formula is C16H10N2O. The van der Waals surface area contributed by atoms with Crippen LogP contribution in [-0.4, -0.2) is 9.97 Å². The number of hydrogen-bond donors (Lipinski definition) is 1. The summed E-state index contributed by atoms with van der Waals surface area (Å²) in [5, 5.41) is 3.07. The Bertz CT molecular complexity index is 986. The van der Waals surface area contributed by atoms with Gasteiger partial charge in [-0.15, -0.1) is 0 Å². The van der Waals surface area contributed by atoms with Crippen LogP contribution in [-0.2, 0) is 0 Å². The van der Waals surface area contributed by atoms with Gasteiger partial charge in [-0.25, -0.2) is 4.98 Å². The number of aromatic nitrogens is 2. The zero-order valence-corrected chi connectivity index (χ0v) is 10.1. The lowest BCUT2D eigenvalue weighted by Crippen LogP contribution is -2.02. The Kier molecular flexibility index (Phi) is 1.97. The van der Waals surface area contributed by atoms with Gasteiger partial charge in [-0.3, -0.25) is 4.79 Å². The number of pyridine rings is 2. The average Bonchev–Trinajstić information content (AvgIpc) is 2.45. The SMILES string of the molecule is O=c1ccc2ccc3nc4ccccc4cc3c2[nH]1. The smallest absolute Gasteiger partial charge is 0.248 e. The van der Waals surface area contributed by atoms with Crippen molar-refractivity contribution in [2.45, 2.75) is 0 Å². The van der Waals surface area contributed by atoms with Crippen molar-refractivity contribution in [3.05, 3.63) is 65.0 Å². The average molecular weight is 246 g/mol. The molecule has 3 heteroatoms. The molecule has 19 heavy (non-hydrogen) atoms. The molecule has 2 aromatic heterocycles. The molecule has 0 saturated carbocycles. The van der Waals surface area contributed by atoms with Gasteiger partial charge in [0.1, 0.15) is 0 Å². The molecule has 4 aromatic rings. The molecule has 0 unspecified atom stereocenters. The van der Waals surface area contributed by atoms with E-state index in [0.717, 1.165) is 32.7 Å². The summed E-state index contributed by atoms with van der Waals surface area (Å²) in [6.45, 7) is 0. The summed E-state index contributed by atoms with van der Waals surface area (Å²) in [4.78, 5) is 19.1. The van der Waals surface area contributed by atoms with Crippen LogP contribution in [0.3, 0.4) is 0 Å². The van der Waals surface area contributed by atoms with Gasteiger partial charge < -0.3 is 4.98 Å². The lowest BCUT2D eigenvalue weighted by Gasteiger charge is -2.05. The zero-order valence-electron chi connectivity index (χ0n) is 10.1. The van der Waals surface area contributed by atoms with Crippen molar-refractivity contribution < 1.29 is 0 Å². The van der Waals surface area contributed by atoms with E-state index in [2.05, 4.69) is 16.0 Å². The molecule has 0 aliphatic heterocycles. The van der Waals surface area contributed by atoms with Gasteiger partial charge in [-0.2, -0.15) is 0 Å². The van der Waals surface area contributed by atoms with E-state index in [0.29, 0.717) is 0 Å². The minimum absolute atomic E-state index is 0.0897. The molecule has 2 aromatic carbocycles. The van der Waals surface area contributed by atoms with Crippen molar-refractivity contribution in [3.8, 4) is 0 Å². The highest BCUT2D eigenvalue weighted by Gasteiger charge is 2.04. The van der Waals surface area contributed by atoms with Crippen LogP contribution in [0.2, 0.25) is 0 Å². The van der Waals surface area contributed by atoms with E-state index in [9.17, 15) is 4.79 Å². The third-order valence-electron chi connectivity index (χ3n) is 3.39. The van der Waals surface area contributed by atoms with Crippen LogP contribution in [0.1, 0.15) is 0 Å². The summed E-state index contributed by atoms with van der Waals surface area (Å²) >= 11 is 0. The Balaban J connectivity index is 2.28. The molecule has 0 aliphatic rings. The number of para-hydroxylation sites is 1. The Morgan fingerprint density at radius 2 is 1.68 bits per heavy atom. The molecule has 90 valence electrons. The molecular weight excluding hydrogens is 236 g/mol. The minimum Gasteiger partial charge on any atom is -0.321 e. The largest absolute Gasteiger partial charge is 0.321 e. The summed E-state index contributed by atoms with van der Waals surface area (Å²) in [7, 11) is 0. The minimum atomic E-state index is -0.0897. The number of fused-ring (bicyclic) bond motifs is 4. The fourth-order valence-corrected chi connectivity index (χ4v) is 2.47. The van der Waals surface area contributed by atoms with E-state index in [1.165, 1.54) is 0 Å². The maximum atomic E-state index is 11.5. The molecule has 2 heterocycles. The molecule has 0 radical (unpaired) electrons. The van der Waals surface area contributed by atoms with Crippen LogP contribution in [0.5, 0.6) is 0 Å². The number of benzene rings is 2. The fourth-order valence-electron chi connectivity index (χ4n) is 2.47. The van der Waals surface area contributed by atoms with E-state index in [1.807, 2.05) is 42.5 Å². The molecule has 0 fully saturated rings. The normalized spacial score (nSPS) is 11.4. The van der Waals surface area contributed by atoms with Crippen LogP contribution >= 0.6 is 0 Å². The molecule has 0 amide bonds. The van der Waals surface area contributed by atoms with Crippen molar-refractivity contribution in [2.24, 2.45) is 0 Å². The van der Waals surface area contributed by atoms with Gasteiger partial charge in [0.05, 0.1) is 16.6 Å². The molecule has 0 saturated heterocycles. The molecule has 0 aliphatic carbocycles. The fraction of sp³-hybridized carbons (Fsp3) is 0. The van der Waals surface area contributed by atoms with Crippen molar-refractivity contribution >= 4 is 32.7 Å². The van der Waals surface area contributed by atoms with E-state index in [-0.39, 0.29) is 5.56 Å². The van der Waals surface area contributed by atoms with Gasteiger partial charge >= 0.3 is 0 Å². The lowest BCUT2D eigenvalue weighted by atomic mass is 10.1. The Hall–Kier alpha value is -2.68. The van der Waals surface area contributed by atoms with Gasteiger partial charge in [-0.05, 0) is 29.7 Å².